The summed E-state index contributed by atoms with van der Waals surface area (Å²) in [6, 6.07) is 16.8. The molecular weight excluding hydrogens is 464 g/mol. The Labute approximate surface area is 208 Å². The summed E-state index contributed by atoms with van der Waals surface area (Å²) in [5, 5.41) is 11.9. The smallest absolute Gasteiger partial charge is 0.249 e. The number of nitrogens with one attached hydrogen (secondary N) is 1. The van der Waals surface area contributed by atoms with Crippen molar-refractivity contribution in [2.24, 2.45) is 0 Å². The molecule has 0 aliphatic rings. The van der Waals surface area contributed by atoms with E-state index in [4.69, 9.17) is 11.6 Å². The van der Waals surface area contributed by atoms with Crippen molar-refractivity contribution in [1.29, 1.82) is 0 Å². The topological polar surface area (TPSA) is 93.0 Å². The van der Waals surface area contributed by atoms with Gasteiger partial charge in [0.25, 0.3) is 0 Å². The summed E-state index contributed by atoms with van der Waals surface area (Å²) in [5.74, 6) is -0.644. The number of benzene rings is 2. The number of hydrogen-bond acceptors (Lipinski definition) is 5. The number of rotatable bonds is 8. The fourth-order valence-corrected chi connectivity index (χ4v) is 3.94. The number of pyridine rings is 1. The number of carbonyl (C=O) groups is 2. The highest BCUT2D eigenvalue weighted by atomic mass is 35.5. The summed E-state index contributed by atoms with van der Waals surface area (Å²) >= 11 is 6.30. The van der Waals surface area contributed by atoms with E-state index in [0.717, 1.165) is 11.9 Å². The lowest BCUT2D eigenvalue weighted by molar-refractivity contribution is -0.128. The summed E-state index contributed by atoms with van der Waals surface area (Å²) in [7, 11) is 0. The van der Waals surface area contributed by atoms with Crippen LogP contribution in [0.15, 0.2) is 73.1 Å². The second kappa shape index (κ2) is 10.2. The van der Waals surface area contributed by atoms with Crippen LogP contribution in [0.25, 0.3) is 11.0 Å². The Morgan fingerprint density at radius 3 is 2.54 bits per heavy atom. The molecule has 0 radical (unpaired) electrons. The van der Waals surface area contributed by atoms with Crippen molar-refractivity contribution >= 4 is 40.1 Å². The number of carbonyl (C=O) groups excluding carboxylic acids is 2. The van der Waals surface area contributed by atoms with Crippen molar-refractivity contribution in [3.63, 3.8) is 0 Å². The quantitative estimate of drug-likeness (QED) is 0.391. The van der Waals surface area contributed by atoms with Gasteiger partial charge in [0.15, 0.2) is 0 Å². The van der Waals surface area contributed by atoms with Gasteiger partial charge in [-0.05, 0) is 68.3 Å². The number of amides is 2. The summed E-state index contributed by atoms with van der Waals surface area (Å²) < 4.78 is 1.53. The average Bonchev–Trinajstić information content (AvgIpc) is 3.25. The van der Waals surface area contributed by atoms with Crippen molar-refractivity contribution in [3.05, 3.63) is 83.6 Å². The van der Waals surface area contributed by atoms with E-state index < -0.39 is 11.6 Å². The number of halogens is 1. The Morgan fingerprint density at radius 1 is 1.09 bits per heavy atom. The molecule has 4 aromatic rings. The Hall–Kier alpha value is -3.78. The van der Waals surface area contributed by atoms with Crippen LogP contribution in [-0.4, -0.2) is 37.3 Å². The molecule has 2 aromatic carbocycles. The molecule has 2 amide bonds. The lowest BCUT2D eigenvalue weighted by Gasteiger charge is -2.34. The van der Waals surface area contributed by atoms with Gasteiger partial charge in [-0.3, -0.25) is 19.5 Å². The highest BCUT2D eigenvalue weighted by Crippen LogP contribution is 2.31. The summed E-state index contributed by atoms with van der Waals surface area (Å²) in [6.07, 6.45) is 3.93. The van der Waals surface area contributed by atoms with E-state index in [2.05, 4.69) is 20.6 Å². The van der Waals surface area contributed by atoms with Crippen molar-refractivity contribution in [3.8, 4) is 0 Å². The van der Waals surface area contributed by atoms with E-state index >= 15 is 0 Å². The van der Waals surface area contributed by atoms with Gasteiger partial charge in [0.05, 0.1) is 5.52 Å². The minimum atomic E-state index is -0.954. The zero-order valence-corrected chi connectivity index (χ0v) is 20.6. The Balaban J connectivity index is 1.81. The largest absolute Gasteiger partial charge is 0.349 e. The van der Waals surface area contributed by atoms with Crippen molar-refractivity contribution in [2.45, 2.75) is 45.3 Å². The standard InChI is InChI=1S/C26H27ClN6O2/c1-4-26(2,3)29-25(35)24(18-12-14-28-15-13-18)33(20-9-7-8-19(27)16-20)23(34)17-32-22-11-6-5-10-21(22)30-31-32/h5-16,24H,4,17H2,1-3H3,(H,29,35)/t24-/m0/s1. The normalized spacial score (nSPS) is 12.3. The maximum Gasteiger partial charge on any atom is 0.249 e. The van der Waals surface area contributed by atoms with E-state index in [1.54, 1.807) is 48.8 Å². The molecule has 35 heavy (non-hydrogen) atoms. The van der Waals surface area contributed by atoms with Crippen LogP contribution in [0.3, 0.4) is 0 Å². The monoisotopic (exact) mass is 490 g/mol. The second-order valence-corrected chi connectivity index (χ2v) is 9.33. The molecule has 2 aromatic heterocycles. The van der Waals surface area contributed by atoms with Crippen LogP contribution in [0, 0.1) is 0 Å². The highest BCUT2D eigenvalue weighted by molar-refractivity contribution is 6.31. The van der Waals surface area contributed by atoms with Crippen LogP contribution in [-0.2, 0) is 16.1 Å². The van der Waals surface area contributed by atoms with Gasteiger partial charge in [0.2, 0.25) is 11.8 Å². The lowest BCUT2D eigenvalue weighted by atomic mass is 9.98. The number of anilines is 1. The van der Waals surface area contributed by atoms with Gasteiger partial charge in [0, 0.05) is 28.6 Å². The zero-order valence-electron chi connectivity index (χ0n) is 19.9. The van der Waals surface area contributed by atoms with Gasteiger partial charge in [-0.1, -0.05) is 41.9 Å². The summed E-state index contributed by atoms with van der Waals surface area (Å²) in [6.45, 7) is 5.78. The number of nitrogens with zero attached hydrogens (tertiary/aromatic N) is 5. The third-order valence-electron chi connectivity index (χ3n) is 5.93. The van der Waals surface area contributed by atoms with Gasteiger partial charge in [-0.25, -0.2) is 4.68 Å². The van der Waals surface area contributed by atoms with E-state index in [9.17, 15) is 9.59 Å². The Kier molecular flexibility index (Phi) is 7.12. The van der Waals surface area contributed by atoms with E-state index in [-0.39, 0.29) is 18.4 Å². The molecule has 0 aliphatic carbocycles. The van der Waals surface area contributed by atoms with Crippen LogP contribution in [0.4, 0.5) is 5.69 Å². The van der Waals surface area contributed by atoms with E-state index in [0.29, 0.717) is 21.8 Å². The Morgan fingerprint density at radius 2 is 1.83 bits per heavy atom. The molecule has 0 fully saturated rings. The molecule has 1 N–H and O–H groups in total. The average molecular weight is 491 g/mol. The number of para-hydroxylation sites is 1. The first-order valence-corrected chi connectivity index (χ1v) is 11.7. The molecule has 0 unspecified atom stereocenters. The molecular formula is C26H27ClN6O2. The molecule has 0 saturated heterocycles. The van der Waals surface area contributed by atoms with Gasteiger partial charge in [-0.15, -0.1) is 5.10 Å². The first kappa shape index (κ1) is 24.3. The maximum absolute atomic E-state index is 13.9. The summed E-state index contributed by atoms with van der Waals surface area (Å²) in [5.41, 5.74) is 2.07. The molecule has 8 nitrogen and oxygen atoms in total. The number of hydrogen-bond donors (Lipinski definition) is 1. The second-order valence-electron chi connectivity index (χ2n) is 8.89. The molecule has 0 aliphatic heterocycles. The minimum Gasteiger partial charge on any atom is -0.349 e. The third kappa shape index (κ3) is 5.49. The molecule has 9 heteroatoms. The van der Waals surface area contributed by atoms with E-state index in [1.807, 2.05) is 45.0 Å². The lowest BCUT2D eigenvalue weighted by Crippen LogP contribution is -2.51. The van der Waals surface area contributed by atoms with Crippen LogP contribution in [0.1, 0.15) is 38.8 Å². The molecule has 1 atom stereocenters. The van der Waals surface area contributed by atoms with Gasteiger partial charge < -0.3 is 5.32 Å². The van der Waals surface area contributed by atoms with Crippen LogP contribution in [0.2, 0.25) is 5.02 Å². The van der Waals surface area contributed by atoms with E-state index in [1.165, 1.54) is 9.58 Å². The first-order chi connectivity index (χ1) is 16.8. The predicted octanol–water partition coefficient (Wildman–Crippen LogP) is 4.56. The van der Waals surface area contributed by atoms with Gasteiger partial charge in [0.1, 0.15) is 18.1 Å². The number of fused-ring (bicyclic) bond motifs is 1. The summed E-state index contributed by atoms with van der Waals surface area (Å²) in [4.78, 5) is 33.2. The van der Waals surface area contributed by atoms with Crippen molar-refractivity contribution in [1.82, 2.24) is 25.3 Å². The first-order valence-electron chi connectivity index (χ1n) is 11.4. The third-order valence-corrected chi connectivity index (χ3v) is 6.17. The highest BCUT2D eigenvalue weighted by Gasteiger charge is 2.35. The maximum atomic E-state index is 13.9. The minimum absolute atomic E-state index is 0.112. The molecule has 2 heterocycles. The molecule has 4 rings (SSSR count). The van der Waals surface area contributed by atoms with Crippen LogP contribution < -0.4 is 10.2 Å². The SMILES string of the molecule is CCC(C)(C)NC(=O)[C@H](c1ccncc1)N(C(=O)Cn1nnc2ccccc21)c1cccc(Cl)c1. The van der Waals surface area contributed by atoms with Gasteiger partial charge >= 0.3 is 0 Å². The fraction of sp³-hybridized carbons (Fsp3) is 0.269. The number of aromatic nitrogens is 4. The molecule has 180 valence electrons. The van der Waals surface area contributed by atoms with Crippen molar-refractivity contribution in [2.75, 3.05) is 4.90 Å². The predicted molar refractivity (Wildman–Crippen MR) is 136 cm³/mol. The van der Waals surface area contributed by atoms with Crippen molar-refractivity contribution < 1.29 is 9.59 Å². The molecule has 0 saturated carbocycles. The molecule has 0 bridgehead atoms. The van der Waals surface area contributed by atoms with Crippen LogP contribution >= 0.6 is 11.6 Å². The van der Waals surface area contributed by atoms with Gasteiger partial charge in [-0.2, -0.15) is 0 Å². The molecule has 0 spiro atoms. The fourth-order valence-electron chi connectivity index (χ4n) is 3.76. The zero-order chi connectivity index (χ0) is 25.0. The van der Waals surface area contributed by atoms with Crippen LogP contribution in [0.5, 0.6) is 0 Å². The Bertz CT molecular complexity index is 1340.